The number of hydrogen-bond acceptors (Lipinski definition) is 4. The molecule has 23 heavy (non-hydrogen) atoms. The van der Waals surface area contributed by atoms with E-state index >= 15 is 0 Å². The molecule has 1 N–H and O–H groups in total. The van der Waals surface area contributed by atoms with Crippen LogP contribution in [0.5, 0.6) is 11.5 Å². The molecule has 5 nitrogen and oxygen atoms in total. The largest absolute Gasteiger partial charge is 0.486 e. The summed E-state index contributed by atoms with van der Waals surface area (Å²) in [7, 11) is 0. The highest BCUT2D eigenvalue weighted by Gasteiger charge is 2.13. The maximum absolute atomic E-state index is 12.2. The second-order valence-electron chi connectivity index (χ2n) is 4.89. The predicted molar refractivity (Wildman–Crippen MR) is 86.1 cm³/mol. The molecule has 0 aromatic heterocycles. The minimum atomic E-state index is -0.450. The molecular weight excluding hydrogens is 292 g/mol. The van der Waals surface area contributed by atoms with Crippen LogP contribution in [0.3, 0.4) is 0 Å². The van der Waals surface area contributed by atoms with Gasteiger partial charge in [0.15, 0.2) is 11.5 Å². The summed E-state index contributed by atoms with van der Waals surface area (Å²) >= 11 is 0. The van der Waals surface area contributed by atoms with Gasteiger partial charge in [-0.25, -0.2) is 0 Å². The van der Waals surface area contributed by atoms with E-state index in [1.54, 1.807) is 30.3 Å². The third-order valence-corrected chi connectivity index (χ3v) is 3.27. The second kappa shape index (κ2) is 6.67. The second-order valence-corrected chi connectivity index (χ2v) is 4.89. The number of fused-ring (bicyclic) bond motifs is 1. The number of nitrogens with one attached hydrogen (secondary N) is 1. The van der Waals surface area contributed by atoms with Gasteiger partial charge in [-0.3, -0.25) is 4.79 Å². The highest BCUT2D eigenvalue weighted by molar-refractivity contribution is 6.09. The van der Waals surface area contributed by atoms with Crippen molar-refractivity contribution in [1.29, 1.82) is 5.26 Å². The lowest BCUT2D eigenvalue weighted by atomic mass is 10.1. The molecule has 3 rings (SSSR count). The maximum Gasteiger partial charge on any atom is 0.266 e. The van der Waals surface area contributed by atoms with Gasteiger partial charge in [0.25, 0.3) is 5.91 Å². The van der Waals surface area contributed by atoms with Crippen molar-refractivity contribution in [1.82, 2.24) is 0 Å². The summed E-state index contributed by atoms with van der Waals surface area (Å²) in [6.45, 7) is 1.00. The number of rotatable bonds is 3. The number of benzene rings is 2. The number of nitrogens with zero attached hydrogens (tertiary/aromatic N) is 1. The van der Waals surface area contributed by atoms with Gasteiger partial charge in [0, 0.05) is 5.69 Å². The van der Waals surface area contributed by atoms with E-state index in [2.05, 4.69) is 5.32 Å². The van der Waals surface area contributed by atoms with Crippen molar-refractivity contribution in [2.24, 2.45) is 0 Å². The van der Waals surface area contributed by atoms with Gasteiger partial charge in [-0.1, -0.05) is 24.3 Å². The molecule has 1 heterocycles. The number of carbonyl (C=O) groups excluding carboxylic acids is 1. The Morgan fingerprint density at radius 2 is 1.83 bits per heavy atom. The Kier molecular flexibility index (Phi) is 4.25. The number of carbonyl (C=O) groups is 1. The van der Waals surface area contributed by atoms with Gasteiger partial charge < -0.3 is 14.8 Å². The first kappa shape index (κ1) is 14.7. The van der Waals surface area contributed by atoms with Crippen LogP contribution in [0.2, 0.25) is 0 Å². The van der Waals surface area contributed by atoms with Gasteiger partial charge in [0.2, 0.25) is 0 Å². The van der Waals surface area contributed by atoms with Crippen molar-refractivity contribution >= 4 is 17.7 Å². The molecule has 1 aliphatic heterocycles. The Bertz CT molecular complexity index is 792. The van der Waals surface area contributed by atoms with Crippen molar-refractivity contribution in [3.05, 3.63) is 59.7 Å². The summed E-state index contributed by atoms with van der Waals surface area (Å²) in [6, 6.07) is 16.2. The summed E-state index contributed by atoms with van der Waals surface area (Å²) in [5.41, 5.74) is 1.36. The molecule has 0 spiro atoms. The summed E-state index contributed by atoms with van der Waals surface area (Å²) in [6.07, 6.45) is 1.52. The van der Waals surface area contributed by atoms with Gasteiger partial charge in [0.1, 0.15) is 24.9 Å². The summed E-state index contributed by atoms with van der Waals surface area (Å²) in [4.78, 5) is 12.2. The Morgan fingerprint density at radius 3 is 2.57 bits per heavy atom. The lowest BCUT2D eigenvalue weighted by molar-refractivity contribution is -0.112. The summed E-state index contributed by atoms with van der Waals surface area (Å²) in [5, 5.41) is 11.9. The first-order valence-corrected chi connectivity index (χ1v) is 7.14. The van der Waals surface area contributed by atoms with Gasteiger partial charge in [-0.15, -0.1) is 0 Å². The molecule has 0 bridgehead atoms. The molecule has 0 aliphatic carbocycles. The molecule has 0 radical (unpaired) electrons. The topological polar surface area (TPSA) is 71.3 Å². The van der Waals surface area contributed by atoms with Crippen molar-refractivity contribution in [2.75, 3.05) is 18.5 Å². The normalized spacial score (nSPS) is 13.1. The van der Waals surface area contributed by atoms with Gasteiger partial charge in [0.05, 0.1) is 0 Å². The molecule has 0 saturated carbocycles. The molecular formula is C18H14N2O3. The number of ether oxygens (including phenoxy) is 2. The van der Waals surface area contributed by atoms with Gasteiger partial charge >= 0.3 is 0 Å². The number of hydrogen-bond donors (Lipinski definition) is 1. The first-order valence-electron chi connectivity index (χ1n) is 7.14. The third kappa shape index (κ3) is 3.50. The van der Waals surface area contributed by atoms with Crippen LogP contribution in [0, 0.1) is 11.3 Å². The first-order chi connectivity index (χ1) is 11.3. The Hall–Kier alpha value is -3.26. The monoisotopic (exact) mass is 306 g/mol. The molecule has 0 fully saturated rings. The zero-order valence-corrected chi connectivity index (χ0v) is 12.3. The van der Waals surface area contributed by atoms with E-state index < -0.39 is 5.91 Å². The highest BCUT2D eigenvalue weighted by Crippen LogP contribution is 2.31. The Labute approximate surface area is 133 Å². The number of nitriles is 1. The van der Waals surface area contributed by atoms with Crippen LogP contribution < -0.4 is 14.8 Å². The lowest BCUT2D eigenvalue weighted by Gasteiger charge is -2.18. The molecule has 2 aromatic carbocycles. The number of para-hydroxylation sites is 1. The summed E-state index contributed by atoms with van der Waals surface area (Å²) < 4.78 is 10.9. The van der Waals surface area contributed by atoms with Crippen molar-refractivity contribution in [3.8, 4) is 17.6 Å². The van der Waals surface area contributed by atoms with E-state index in [0.29, 0.717) is 36.0 Å². The van der Waals surface area contributed by atoms with E-state index in [9.17, 15) is 10.1 Å². The predicted octanol–water partition coefficient (Wildman–Crippen LogP) is 3.00. The van der Waals surface area contributed by atoms with Crippen LogP contribution in [-0.2, 0) is 4.79 Å². The van der Waals surface area contributed by atoms with Crippen LogP contribution in [0.15, 0.2) is 54.1 Å². The molecule has 0 atom stereocenters. The average molecular weight is 306 g/mol. The fourth-order valence-electron chi connectivity index (χ4n) is 2.18. The minimum Gasteiger partial charge on any atom is -0.486 e. The number of anilines is 1. The van der Waals surface area contributed by atoms with Crippen LogP contribution in [0.4, 0.5) is 5.69 Å². The van der Waals surface area contributed by atoms with Crippen LogP contribution in [0.25, 0.3) is 6.08 Å². The SMILES string of the molecule is N#C/C(=C\c1ccc2c(c1)OCCO2)C(=O)Nc1ccccc1. The van der Waals surface area contributed by atoms with E-state index in [1.807, 2.05) is 24.3 Å². The zero-order valence-electron chi connectivity index (χ0n) is 12.3. The van der Waals surface area contributed by atoms with Gasteiger partial charge in [-0.2, -0.15) is 5.26 Å². The molecule has 1 amide bonds. The van der Waals surface area contributed by atoms with E-state index in [1.165, 1.54) is 6.08 Å². The average Bonchev–Trinajstić information content (AvgIpc) is 2.60. The number of amides is 1. The zero-order chi connectivity index (χ0) is 16.1. The fraction of sp³-hybridized carbons (Fsp3) is 0.111. The van der Waals surface area contributed by atoms with Crippen molar-refractivity contribution in [2.45, 2.75) is 0 Å². The highest BCUT2D eigenvalue weighted by atomic mass is 16.6. The fourth-order valence-corrected chi connectivity index (χ4v) is 2.18. The Morgan fingerprint density at radius 1 is 1.09 bits per heavy atom. The van der Waals surface area contributed by atoms with E-state index in [-0.39, 0.29) is 5.57 Å². The van der Waals surface area contributed by atoms with Crippen LogP contribution >= 0.6 is 0 Å². The molecule has 2 aromatic rings. The smallest absolute Gasteiger partial charge is 0.266 e. The molecule has 5 heteroatoms. The van der Waals surface area contributed by atoms with Gasteiger partial charge in [-0.05, 0) is 35.9 Å². The van der Waals surface area contributed by atoms with E-state index in [0.717, 1.165) is 0 Å². The quantitative estimate of drug-likeness (QED) is 0.699. The summed E-state index contributed by atoms with van der Waals surface area (Å²) in [5.74, 6) is 0.833. The Balaban J connectivity index is 1.81. The minimum absolute atomic E-state index is 0.0190. The maximum atomic E-state index is 12.2. The molecule has 0 unspecified atom stereocenters. The molecule has 1 aliphatic rings. The standard InChI is InChI=1S/C18H14N2O3/c19-12-14(18(21)20-15-4-2-1-3-5-15)10-13-6-7-16-17(11-13)23-9-8-22-16/h1-7,10-11H,8-9H2,(H,20,21)/b14-10+. The molecule has 0 saturated heterocycles. The van der Waals surface area contributed by atoms with E-state index in [4.69, 9.17) is 9.47 Å². The van der Waals surface area contributed by atoms with Crippen LogP contribution in [0.1, 0.15) is 5.56 Å². The third-order valence-electron chi connectivity index (χ3n) is 3.27. The van der Waals surface area contributed by atoms with Crippen LogP contribution in [-0.4, -0.2) is 19.1 Å². The molecule has 114 valence electrons. The van der Waals surface area contributed by atoms with Crippen molar-refractivity contribution < 1.29 is 14.3 Å². The lowest BCUT2D eigenvalue weighted by Crippen LogP contribution is -2.15. The van der Waals surface area contributed by atoms with Crippen molar-refractivity contribution in [3.63, 3.8) is 0 Å².